The lowest BCUT2D eigenvalue weighted by Gasteiger charge is -2.41. The fraction of sp³-hybridized carbons (Fsp3) is 0.368. The predicted molar refractivity (Wildman–Crippen MR) is 99.7 cm³/mol. The van der Waals surface area contributed by atoms with Gasteiger partial charge in [-0.3, -0.25) is 4.90 Å². The second kappa shape index (κ2) is 7.12. The average Bonchev–Trinajstić information content (AvgIpc) is 2.52. The molecule has 3 rings (SSSR count). The third-order valence-corrected chi connectivity index (χ3v) is 5.21. The van der Waals surface area contributed by atoms with Crippen LogP contribution in [-0.4, -0.2) is 30.6 Å². The van der Waals surface area contributed by atoms with Crippen LogP contribution in [-0.2, 0) is 6.54 Å². The lowest BCUT2D eigenvalue weighted by molar-refractivity contribution is 0.221. The van der Waals surface area contributed by atoms with Crippen molar-refractivity contribution in [2.75, 3.05) is 24.5 Å². The summed E-state index contributed by atoms with van der Waals surface area (Å²) >= 11 is 12.1. The quantitative estimate of drug-likeness (QED) is 0.768. The second-order valence-electron chi connectivity index (χ2n) is 6.36. The lowest BCUT2D eigenvalue weighted by Crippen LogP contribution is -2.51. The molecule has 122 valence electrons. The van der Waals surface area contributed by atoms with Gasteiger partial charge in [0.25, 0.3) is 0 Å². The molecule has 0 saturated carbocycles. The monoisotopic (exact) mass is 348 g/mol. The van der Waals surface area contributed by atoms with Crippen molar-refractivity contribution in [2.24, 2.45) is 0 Å². The number of hydrogen-bond donors (Lipinski definition) is 0. The van der Waals surface area contributed by atoms with Crippen molar-refractivity contribution in [1.82, 2.24) is 4.90 Å². The van der Waals surface area contributed by atoms with Gasteiger partial charge in [0.1, 0.15) is 0 Å². The van der Waals surface area contributed by atoms with E-state index in [0.717, 1.165) is 26.2 Å². The van der Waals surface area contributed by atoms with Crippen LogP contribution < -0.4 is 4.90 Å². The van der Waals surface area contributed by atoms with Gasteiger partial charge in [-0.2, -0.15) is 0 Å². The van der Waals surface area contributed by atoms with Crippen molar-refractivity contribution in [2.45, 2.75) is 26.4 Å². The fourth-order valence-corrected chi connectivity index (χ4v) is 3.51. The van der Waals surface area contributed by atoms with E-state index in [1.165, 1.54) is 16.8 Å². The molecule has 1 aliphatic rings. The normalized spacial score (nSPS) is 19.1. The molecule has 23 heavy (non-hydrogen) atoms. The first-order chi connectivity index (χ1) is 11.0. The summed E-state index contributed by atoms with van der Waals surface area (Å²) in [5.74, 6) is 0. The molecule has 1 fully saturated rings. The van der Waals surface area contributed by atoms with Crippen LogP contribution in [0.1, 0.15) is 18.1 Å². The molecule has 1 saturated heterocycles. The molecule has 1 atom stereocenters. The summed E-state index contributed by atoms with van der Waals surface area (Å²) in [5.41, 5.74) is 3.84. The molecule has 2 aromatic carbocycles. The minimum atomic E-state index is 0.495. The summed E-state index contributed by atoms with van der Waals surface area (Å²) < 4.78 is 0. The second-order valence-corrected chi connectivity index (χ2v) is 7.18. The van der Waals surface area contributed by atoms with Gasteiger partial charge in [0.15, 0.2) is 0 Å². The maximum Gasteiger partial charge on any atom is 0.0595 e. The summed E-state index contributed by atoms with van der Waals surface area (Å²) in [6.07, 6.45) is 0. The third-order valence-electron chi connectivity index (χ3n) is 4.47. The summed E-state index contributed by atoms with van der Waals surface area (Å²) in [6.45, 7) is 8.49. The Morgan fingerprint density at radius 2 is 1.74 bits per heavy atom. The van der Waals surface area contributed by atoms with E-state index >= 15 is 0 Å². The summed E-state index contributed by atoms with van der Waals surface area (Å²) in [7, 11) is 0. The minimum Gasteiger partial charge on any atom is -0.366 e. The number of anilines is 1. The number of benzene rings is 2. The minimum absolute atomic E-state index is 0.495. The topological polar surface area (TPSA) is 6.48 Å². The zero-order valence-corrected chi connectivity index (χ0v) is 15.1. The van der Waals surface area contributed by atoms with E-state index in [0.29, 0.717) is 16.1 Å². The van der Waals surface area contributed by atoms with E-state index in [1.807, 2.05) is 12.1 Å². The van der Waals surface area contributed by atoms with Crippen molar-refractivity contribution in [3.63, 3.8) is 0 Å². The number of nitrogens with zero attached hydrogens (tertiary/aromatic N) is 2. The van der Waals surface area contributed by atoms with Crippen LogP contribution in [0.2, 0.25) is 10.0 Å². The maximum absolute atomic E-state index is 6.12. The van der Waals surface area contributed by atoms with Crippen LogP contribution in [0.5, 0.6) is 0 Å². The molecule has 0 N–H and O–H groups in total. The van der Waals surface area contributed by atoms with Gasteiger partial charge < -0.3 is 4.90 Å². The molecule has 0 spiro atoms. The third kappa shape index (κ3) is 4.00. The lowest BCUT2D eigenvalue weighted by atomic mass is 10.1. The van der Waals surface area contributed by atoms with Crippen LogP contribution >= 0.6 is 23.2 Å². The van der Waals surface area contributed by atoms with Gasteiger partial charge in [-0.25, -0.2) is 0 Å². The molecule has 1 aliphatic heterocycles. The Balaban J connectivity index is 1.64. The smallest absolute Gasteiger partial charge is 0.0595 e. The number of rotatable bonds is 3. The van der Waals surface area contributed by atoms with E-state index in [1.54, 1.807) is 0 Å². The molecule has 0 bridgehead atoms. The van der Waals surface area contributed by atoms with Gasteiger partial charge >= 0.3 is 0 Å². The van der Waals surface area contributed by atoms with Gasteiger partial charge in [-0.05, 0) is 43.7 Å². The number of halogens is 2. The van der Waals surface area contributed by atoms with Gasteiger partial charge in [0, 0.05) is 37.9 Å². The van der Waals surface area contributed by atoms with Gasteiger partial charge in [0.05, 0.1) is 10.0 Å². The molecule has 1 unspecified atom stereocenters. The molecular weight excluding hydrogens is 327 g/mol. The van der Waals surface area contributed by atoms with Gasteiger partial charge in [-0.1, -0.05) is 47.0 Å². The number of hydrogen-bond acceptors (Lipinski definition) is 2. The van der Waals surface area contributed by atoms with E-state index in [9.17, 15) is 0 Å². The highest BCUT2D eigenvalue weighted by molar-refractivity contribution is 6.42. The molecule has 1 heterocycles. The number of aryl methyl sites for hydroxylation is 1. The summed E-state index contributed by atoms with van der Waals surface area (Å²) in [4.78, 5) is 4.97. The van der Waals surface area contributed by atoms with Crippen LogP contribution in [0.25, 0.3) is 0 Å². The molecule has 4 heteroatoms. The number of piperazine rings is 1. The highest BCUT2D eigenvalue weighted by atomic mass is 35.5. The van der Waals surface area contributed by atoms with Crippen molar-refractivity contribution in [3.8, 4) is 0 Å². The van der Waals surface area contributed by atoms with E-state index in [-0.39, 0.29) is 0 Å². The molecule has 2 aromatic rings. The highest BCUT2D eigenvalue weighted by Crippen LogP contribution is 2.25. The van der Waals surface area contributed by atoms with Crippen molar-refractivity contribution < 1.29 is 0 Å². The average molecular weight is 349 g/mol. The maximum atomic E-state index is 6.12. The molecule has 0 amide bonds. The Hall–Kier alpha value is -1.22. The Labute approximate surface area is 148 Å². The summed E-state index contributed by atoms with van der Waals surface area (Å²) in [5, 5.41) is 1.25. The SMILES string of the molecule is Cc1ccc(N2CCN(Cc3ccc(Cl)c(Cl)c3)CC2C)cc1. The zero-order valence-electron chi connectivity index (χ0n) is 13.6. The van der Waals surface area contributed by atoms with Crippen LogP contribution in [0.3, 0.4) is 0 Å². The molecule has 0 aromatic heterocycles. The van der Waals surface area contributed by atoms with E-state index in [2.05, 4.69) is 54.0 Å². The Kier molecular flexibility index (Phi) is 5.15. The fourth-order valence-electron chi connectivity index (χ4n) is 3.19. The van der Waals surface area contributed by atoms with Gasteiger partial charge in [0.2, 0.25) is 0 Å². The van der Waals surface area contributed by atoms with Crippen molar-refractivity contribution >= 4 is 28.9 Å². The largest absolute Gasteiger partial charge is 0.366 e. The van der Waals surface area contributed by atoms with Crippen molar-refractivity contribution in [1.29, 1.82) is 0 Å². The molecule has 2 nitrogen and oxygen atoms in total. The Morgan fingerprint density at radius 3 is 2.39 bits per heavy atom. The molecular formula is C19H22Cl2N2. The van der Waals surface area contributed by atoms with Crippen LogP contribution in [0.15, 0.2) is 42.5 Å². The Morgan fingerprint density at radius 1 is 1.00 bits per heavy atom. The predicted octanol–water partition coefficient (Wildman–Crippen LogP) is 5.01. The standard InChI is InChI=1S/C19H22Cl2N2/c1-14-3-6-17(7-4-14)23-10-9-22(12-15(23)2)13-16-5-8-18(20)19(21)11-16/h3-8,11,15H,9-10,12-13H2,1-2H3. The first kappa shape index (κ1) is 16.6. The molecule has 0 aliphatic carbocycles. The van der Waals surface area contributed by atoms with E-state index < -0.39 is 0 Å². The summed E-state index contributed by atoms with van der Waals surface area (Å²) in [6, 6.07) is 15.2. The van der Waals surface area contributed by atoms with Crippen LogP contribution in [0, 0.1) is 6.92 Å². The van der Waals surface area contributed by atoms with E-state index in [4.69, 9.17) is 23.2 Å². The van der Waals surface area contributed by atoms with Crippen molar-refractivity contribution in [3.05, 3.63) is 63.6 Å². The first-order valence-corrected chi connectivity index (χ1v) is 8.78. The highest BCUT2D eigenvalue weighted by Gasteiger charge is 2.23. The van der Waals surface area contributed by atoms with Gasteiger partial charge in [-0.15, -0.1) is 0 Å². The zero-order chi connectivity index (χ0) is 16.4. The van der Waals surface area contributed by atoms with Crippen LogP contribution in [0.4, 0.5) is 5.69 Å². The Bertz CT molecular complexity index is 670. The molecule has 0 radical (unpaired) electrons. The first-order valence-electron chi connectivity index (χ1n) is 8.02.